The maximum Gasteiger partial charge on any atom is 0.236 e. The molecule has 0 unspecified atom stereocenters. The molecule has 3 heterocycles. The van der Waals surface area contributed by atoms with E-state index in [2.05, 4.69) is 4.90 Å². The molecular formula is C19H26ClN3O2. The zero-order valence-electron chi connectivity index (χ0n) is 14.9. The molecule has 6 heteroatoms. The lowest BCUT2D eigenvalue weighted by Gasteiger charge is -2.36. The number of piperidine rings is 1. The van der Waals surface area contributed by atoms with Crippen LogP contribution in [0.3, 0.4) is 0 Å². The van der Waals surface area contributed by atoms with Crippen LogP contribution in [0.2, 0.25) is 5.02 Å². The van der Waals surface area contributed by atoms with E-state index in [4.69, 9.17) is 11.6 Å². The Labute approximate surface area is 154 Å². The maximum absolute atomic E-state index is 12.8. The van der Waals surface area contributed by atoms with Gasteiger partial charge in [0.2, 0.25) is 11.8 Å². The number of amides is 2. The van der Waals surface area contributed by atoms with Gasteiger partial charge in [0.05, 0.1) is 13.0 Å². The molecule has 3 saturated heterocycles. The fourth-order valence-electron chi connectivity index (χ4n) is 3.87. The van der Waals surface area contributed by atoms with E-state index in [1.54, 1.807) is 19.0 Å². The topological polar surface area (TPSA) is 43.9 Å². The molecule has 25 heavy (non-hydrogen) atoms. The fourth-order valence-corrected chi connectivity index (χ4v) is 4.08. The lowest BCUT2D eigenvalue weighted by atomic mass is 9.94. The second kappa shape index (κ2) is 7.75. The summed E-state index contributed by atoms with van der Waals surface area (Å²) in [5.74, 6) is 0.743. The summed E-state index contributed by atoms with van der Waals surface area (Å²) in [7, 11) is 3.57. The predicted octanol–water partition coefficient (Wildman–Crippen LogP) is 1.89. The molecule has 4 rings (SSSR count). The van der Waals surface area contributed by atoms with Crippen molar-refractivity contribution < 1.29 is 9.59 Å². The van der Waals surface area contributed by atoms with Crippen molar-refractivity contribution in [2.45, 2.75) is 25.3 Å². The number of nitrogens with zero attached hydrogens (tertiary/aromatic N) is 3. The molecule has 2 bridgehead atoms. The van der Waals surface area contributed by atoms with Crippen LogP contribution in [-0.4, -0.2) is 72.8 Å². The molecule has 0 radical (unpaired) electrons. The second-order valence-corrected chi connectivity index (χ2v) is 7.87. The molecule has 5 nitrogen and oxygen atoms in total. The Bertz CT molecular complexity index is 649. The number of carbonyl (C=O) groups is 2. The lowest BCUT2D eigenvalue weighted by molar-refractivity contribution is -0.134. The first kappa shape index (κ1) is 18.2. The van der Waals surface area contributed by atoms with Crippen LogP contribution in [0.1, 0.15) is 18.4 Å². The number of benzene rings is 1. The first-order valence-electron chi connectivity index (χ1n) is 8.89. The first-order chi connectivity index (χ1) is 11.9. The monoisotopic (exact) mass is 363 g/mol. The van der Waals surface area contributed by atoms with Crippen LogP contribution in [0.15, 0.2) is 24.3 Å². The van der Waals surface area contributed by atoms with Gasteiger partial charge in [-0.1, -0.05) is 23.7 Å². The second-order valence-electron chi connectivity index (χ2n) is 7.43. The Morgan fingerprint density at radius 3 is 2.72 bits per heavy atom. The molecule has 0 N–H and O–H groups in total. The van der Waals surface area contributed by atoms with E-state index in [9.17, 15) is 9.59 Å². The lowest BCUT2D eigenvalue weighted by Crippen LogP contribution is -2.48. The van der Waals surface area contributed by atoms with Crippen molar-refractivity contribution >= 4 is 23.4 Å². The van der Waals surface area contributed by atoms with Gasteiger partial charge in [-0.25, -0.2) is 0 Å². The van der Waals surface area contributed by atoms with Gasteiger partial charge in [-0.05, 0) is 36.5 Å². The number of halogens is 1. The average molecular weight is 364 g/mol. The van der Waals surface area contributed by atoms with E-state index in [-0.39, 0.29) is 17.9 Å². The van der Waals surface area contributed by atoms with Crippen LogP contribution < -0.4 is 0 Å². The van der Waals surface area contributed by atoms with Crippen LogP contribution >= 0.6 is 11.6 Å². The van der Waals surface area contributed by atoms with Crippen LogP contribution in [-0.2, 0) is 16.0 Å². The van der Waals surface area contributed by atoms with Crippen LogP contribution in [0.5, 0.6) is 0 Å². The van der Waals surface area contributed by atoms with Gasteiger partial charge in [-0.3, -0.25) is 14.5 Å². The zero-order valence-corrected chi connectivity index (χ0v) is 15.7. The molecule has 2 amide bonds. The van der Waals surface area contributed by atoms with Crippen LogP contribution in [0.4, 0.5) is 0 Å². The molecule has 136 valence electrons. The van der Waals surface area contributed by atoms with Crippen LogP contribution in [0, 0.1) is 5.92 Å². The van der Waals surface area contributed by atoms with Crippen molar-refractivity contribution in [2.24, 2.45) is 5.92 Å². The third kappa shape index (κ3) is 4.53. The van der Waals surface area contributed by atoms with Crippen molar-refractivity contribution in [3.05, 3.63) is 34.9 Å². The molecule has 3 aliphatic heterocycles. The Morgan fingerprint density at radius 1 is 1.20 bits per heavy atom. The van der Waals surface area contributed by atoms with Gasteiger partial charge in [0.15, 0.2) is 0 Å². The summed E-state index contributed by atoms with van der Waals surface area (Å²) < 4.78 is 0. The summed E-state index contributed by atoms with van der Waals surface area (Å²) in [5.41, 5.74) is 0.956. The highest BCUT2D eigenvalue weighted by Gasteiger charge is 2.37. The molecule has 3 aliphatic rings. The molecule has 1 aromatic rings. The van der Waals surface area contributed by atoms with E-state index in [0.29, 0.717) is 23.9 Å². The smallest absolute Gasteiger partial charge is 0.236 e. The van der Waals surface area contributed by atoms with Crippen molar-refractivity contribution in [3.8, 4) is 0 Å². The molecule has 0 aliphatic carbocycles. The van der Waals surface area contributed by atoms with E-state index < -0.39 is 0 Å². The zero-order chi connectivity index (χ0) is 18.0. The minimum atomic E-state index is 0.123. The SMILES string of the molecule is CN(C)C(=O)CN1C[C@@H]2CC[C@H](C1)N(C(=O)Cc1cccc(Cl)c1)C2. The highest BCUT2D eigenvalue weighted by molar-refractivity contribution is 6.30. The molecule has 0 spiro atoms. The number of carbonyl (C=O) groups excluding carboxylic acids is 2. The summed E-state index contributed by atoms with van der Waals surface area (Å²) in [4.78, 5) is 30.8. The van der Waals surface area contributed by atoms with Crippen LogP contribution in [0.25, 0.3) is 0 Å². The van der Waals surface area contributed by atoms with Gasteiger partial charge in [-0.15, -0.1) is 0 Å². The van der Waals surface area contributed by atoms with E-state index in [1.807, 2.05) is 29.2 Å². The third-order valence-electron chi connectivity index (χ3n) is 5.21. The van der Waals surface area contributed by atoms with Gasteiger partial charge >= 0.3 is 0 Å². The summed E-state index contributed by atoms with van der Waals surface area (Å²) in [6.07, 6.45) is 2.55. The third-order valence-corrected chi connectivity index (χ3v) is 5.45. The normalized spacial score (nSPS) is 23.4. The standard InChI is InChI=1S/C19H26ClN3O2/c1-21(2)19(25)13-22-10-15-6-7-17(12-22)23(11-15)18(24)9-14-4-3-5-16(20)8-14/h3-5,8,15,17H,6-7,9-13H2,1-2H3/t15-,17+/m0/s1. The summed E-state index contributed by atoms with van der Waals surface area (Å²) in [6, 6.07) is 7.72. The maximum atomic E-state index is 12.8. The fraction of sp³-hybridized carbons (Fsp3) is 0.579. The molecule has 1 aromatic carbocycles. The quantitative estimate of drug-likeness (QED) is 0.820. The summed E-state index contributed by atoms with van der Waals surface area (Å²) in [5, 5.41) is 0.663. The molecular weight excluding hydrogens is 338 g/mol. The Balaban J connectivity index is 1.66. The average Bonchev–Trinajstić information content (AvgIpc) is 2.85. The number of likely N-dealkylation sites (N-methyl/N-ethyl adjacent to an activating group) is 1. The van der Waals surface area contributed by atoms with E-state index in [1.165, 1.54) is 0 Å². The van der Waals surface area contributed by atoms with E-state index >= 15 is 0 Å². The van der Waals surface area contributed by atoms with E-state index in [0.717, 1.165) is 38.0 Å². The predicted molar refractivity (Wildman–Crippen MR) is 98.5 cm³/mol. The van der Waals surface area contributed by atoms with Gasteiger partial charge < -0.3 is 9.80 Å². The first-order valence-corrected chi connectivity index (χ1v) is 9.26. The Morgan fingerprint density at radius 2 is 2.00 bits per heavy atom. The number of hydrogen-bond donors (Lipinski definition) is 0. The van der Waals surface area contributed by atoms with Gasteiger partial charge in [0, 0.05) is 44.8 Å². The van der Waals surface area contributed by atoms with Gasteiger partial charge in [-0.2, -0.15) is 0 Å². The number of hydrogen-bond acceptors (Lipinski definition) is 3. The van der Waals surface area contributed by atoms with Crippen molar-refractivity contribution in [1.82, 2.24) is 14.7 Å². The van der Waals surface area contributed by atoms with Gasteiger partial charge in [0.25, 0.3) is 0 Å². The minimum absolute atomic E-state index is 0.123. The molecule has 3 fully saturated rings. The Kier molecular flexibility index (Phi) is 5.64. The summed E-state index contributed by atoms with van der Waals surface area (Å²) >= 11 is 6.03. The van der Waals surface area contributed by atoms with Gasteiger partial charge in [0.1, 0.15) is 0 Å². The Hall–Kier alpha value is -1.59. The largest absolute Gasteiger partial charge is 0.348 e. The van der Waals surface area contributed by atoms with Crippen molar-refractivity contribution in [3.63, 3.8) is 0 Å². The molecule has 0 aromatic heterocycles. The number of rotatable bonds is 4. The minimum Gasteiger partial charge on any atom is -0.348 e. The van der Waals surface area contributed by atoms with Crippen molar-refractivity contribution in [1.29, 1.82) is 0 Å². The molecule has 0 saturated carbocycles. The molecule has 2 atom stereocenters. The van der Waals surface area contributed by atoms with Crippen molar-refractivity contribution in [2.75, 3.05) is 40.3 Å². The highest BCUT2D eigenvalue weighted by Crippen LogP contribution is 2.28. The highest BCUT2D eigenvalue weighted by atomic mass is 35.5. The number of fused-ring (bicyclic) bond motifs is 4. The summed E-state index contributed by atoms with van der Waals surface area (Å²) in [6.45, 7) is 2.93.